The van der Waals surface area contributed by atoms with E-state index in [1.54, 1.807) is 12.4 Å². The van der Waals surface area contributed by atoms with Gasteiger partial charge in [0.05, 0.1) is 17.5 Å². The topological polar surface area (TPSA) is 70.7 Å². The minimum absolute atomic E-state index is 0.000270. The van der Waals surface area contributed by atoms with Gasteiger partial charge in [-0.3, -0.25) is 9.78 Å². The molecular weight excluding hydrogens is 276 g/mol. The maximum Gasteiger partial charge on any atom is 0.224 e. The third kappa shape index (κ3) is 3.31. The Morgan fingerprint density at radius 2 is 2.18 bits per heavy atom. The molecule has 0 aliphatic carbocycles. The summed E-state index contributed by atoms with van der Waals surface area (Å²) in [6, 6.07) is 9.80. The summed E-state index contributed by atoms with van der Waals surface area (Å²) in [7, 11) is 0. The van der Waals surface area contributed by atoms with Crippen molar-refractivity contribution in [1.29, 1.82) is 0 Å². The highest BCUT2D eigenvalue weighted by atomic mass is 16.1. The van der Waals surface area contributed by atoms with Crippen LogP contribution in [-0.4, -0.2) is 27.4 Å². The van der Waals surface area contributed by atoms with E-state index in [4.69, 9.17) is 0 Å². The van der Waals surface area contributed by atoms with Crippen molar-refractivity contribution in [2.24, 2.45) is 0 Å². The molecule has 2 aromatic heterocycles. The number of aromatic amines is 1. The smallest absolute Gasteiger partial charge is 0.224 e. The van der Waals surface area contributed by atoms with Gasteiger partial charge in [0.25, 0.3) is 0 Å². The summed E-state index contributed by atoms with van der Waals surface area (Å²) in [5.74, 6) is 0.895. The molecule has 112 valence electrons. The Kier molecular flexibility index (Phi) is 4.14. The van der Waals surface area contributed by atoms with Crippen molar-refractivity contribution in [3.05, 3.63) is 59.7 Å². The summed E-state index contributed by atoms with van der Waals surface area (Å²) in [6.45, 7) is 2.61. The van der Waals surface area contributed by atoms with Gasteiger partial charge in [0.2, 0.25) is 5.91 Å². The number of hydrogen-bond acceptors (Lipinski definition) is 3. The first-order chi connectivity index (χ1) is 10.7. The number of benzene rings is 1. The average molecular weight is 294 g/mol. The maximum absolute atomic E-state index is 11.9. The second-order valence-corrected chi connectivity index (χ2v) is 5.29. The van der Waals surface area contributed by atoms with Gasteiger partial charge in [-0.2, -0.15) is 0 Å². The van der Waals surface area contributed by atoms with Crippen LogP contribution in [0.25, 0.3) is 11.0 Å². The van der Waals surface area contributed by atoms with E-state index in [9.17, 15) is 4.79 Å². The van der Waals surface area contributed by atoms with Gasteiger partial charge >= 0.3 is 0 Å². The Hall–Kier alpha value is -2.69. The SMILES string of the molecule is Cc1cccc2[nH]c(CCNC(=O)Cc3cccnc3)nc12. The van der Waals surface area contributed by atoms with Gasteiger partial charge < -0.3 is 10.3 Å². The van der Waals surface area contributed by atoms with Crippen molar-refractivity contribution in [3.63, 3.8) is 0 Å². The van der Waals surface area contributed by atoms with Crippen LogP contribution in [-0.2, 0) is 17.6 Å². The number of hydrogen-bond donors (Lipinski definition) is 2. The highest BCUT2D eigenvalue weighted by Gasteiger charge is 2.06. The van der Waals surface area contributed by atoms with Crippen molar-refractivity contribution in [1.82, 2.24) is 20.3 Å². The van der Waals surface area contributed by atoms with Crippen molar-refractivity contribution in [2.45, 2.75) is 19.8 Å². The Bertz CT molecular complexity index is 780. The van der Waals surface area contributed by atoms with Gasteiger partial charge in [-0.25, -0.2) is 4.98 Å². The standard InChI is InChI=1S/C17H18N4O/c1-12-4-2-6-14-17(12)21-15(20-14)7-9-19-16(22)10-13-5-3-8-18-11-13/h2-6,8,11H,7,9-10H2,1H3,(H,19,22)(H,20,21). The fourth-order valence-corrected chi connectivity index (χ4v) is 2.42. The monoisotopic (exact) mass is 294 g/mol. The van der Waals surface area contributed by atoms with Gasteiger partial charge in [-0.05, 0) is 30.2 Å². The lowest BCUT2D eigenvalue weighted by molar-refractivity contribution is -0.120. The van der Waals surface area contributed by atoms with E-state index in [0.29, 0.717) is 19.4 Å². The number of carbonyl (C=O) groups is 1. The molecule has 2 heterocycles. The number of carbonyl (C=O) groups excluding carboxylic acids is 1. The van der Waals surface area contributed by atoms with E-state index in [-0.39, 0.29) is 5.91 Å². The van der Waals surface area contributed by atoms with Gasteiger partial charge in [0, 0.05) is 25.4 Å². The zero-order chi connectivity index (χ0) is 15.4. The molecule has 0 aliphatic rings. The molecule has 5 heteroatoms. The van der Waals surface area contributed by atoms with Crippen LogP contribution < -0.4 is 5.32 Å². The van der Waals surface area contributed by atoms with E-state index >= 15 is 0 Å². The van der Waals surface area contributed by atoms with Crippen molar-refractivity contribution >= 4 is 16.9 Å². The van der Waals surface area contributed by atoms with Crippen LogP contribution in [0.3, 0.4) is 0 Å². The van der Waals surface area contributed by atoms with Gasteiger partial charge in [0.15, 0.2) is 0 Å². The largest absolute Gasteiger partial charge is 0.355 e. The second kappa shape index (κ2) is 6.39. The fraction of sp³-hybridized carbons (Fsp3) is 0.235. The molecule has 0 spiro atoms. The molecule has 1 aromatic carbocycles. The minimum Gasteiger partial charge on any atom is -0.355 e. The number of imidazole rings is 1. The maximum atomic E-state index is 11.9. The third-order valence-corrected chi connectivity index (χ3v) is 3.53. The van der Waals surface area contributed by atoms with Crippen LogP contribution in [0.5, 0.6) is 0 Å². The number of aromatic nitrogens is 3. The number of rotatable bonds is 5. The molecule has 0 fully saturated rings. The Labute approximate surface area is 128 Å². The van der Waals surface area contributed by atoms with Crippen molar-refractivity contribution < 1.29 is 4.79 Å². The fourth-order valence-electron chi connectivity index (χ4n) is 2.42. The van der Waals surface area contributed by atoms with E-state index in [2.05, 4.69) is 20.3 Å². The molecule has 3 aromatic rings. The quantitative estimate of drug-likeness (QED) is 0.757. The summed E-state index contributed by atoms with van der Waals surface area (Å²) >= 11 is 0. The van der Waals surface area contributed by atoms with Crippen LogP contribution in [0.4, 0.5) is 0 Å². The van der Waals surface area contributed by atoms with E-state index < -0.39 is 0 Å². The normalized spacial score (nSPS) is 10.8. The number of amides is 1. The van der Waals surface area contributed by atoms with Gasteiger partial charge in [0.1, 0.15) is 5.82 Å². The van der Waals surface area contributed by atoms with E-state index in [1.807, 2.05) is 37.3 Å². The predicted octanol–water partition coefficient (Wildman–Crippen LogP) is 2.17. The van der Waals surface area contributed by atoms with Gasteiger partial charge in [-0.15, -0.1) is 0 Å². The highest BCUT2D eigenvalue weighted by Crippen LogP contribution is 2.15. The number of nitrogens with zero attached hydrogens (tertiary/aromatic N) is 2. The van der Waals surface area contributed by atoms with E-state index in [1.165, 1.54) is 0 Å². The van der Waals surface area contributed by atoms with Gasteiger partial charge in [-0.1, -0.05) is 18.2 Å². The molecule has 0 bridgehead atoms. The number of pyridine rings is 1. The molecule has 0 saturated heterocycles. The van der Waals surface area contributed by atoms with Crippen LogP contribution in [0.1, 0.15) is 17.0 Å². The zero-order valence-corrected chi connectivity index (χ0v) is 12.5. The predicted molar refractivity (Wildman–Crippen MR) is 85.5 cm³/mol. The number of aryl methyl sites for hydroxylation is 1. The molecule has 0 aliphatic heterocycles. The first kappa shape index (κ1) is 14.3. The minimum atomic E-state index is 0.000270. The molecule has 22 heavy (non-hydrogen) atoms. The zero-order valence-electron chi connectivity index (χ0n) is 12.5. The molecule has 0 saturated carbocycles. The van der Waals surface area contributed by atoms with Crippen molar-refractivity contribution in [2.75, 3.05) is 6.54 Å². The first-order valence-corrected chi connectivity index (χ1v) is 7.32. The molecular formula is C17H18N4O. The molecule has 2 N–H and O–H groups in total. The number of fused-ring (bicyclic) bond motifs is 1. The second-order valence-electron chi connectivity index (χ2n) is 5.29. The highest BCUT2D eigenvalue weighted by molar-refractivity contribution is 5.79. The first-order valence-electron chi connectivity index (χ1n) is 7.32. The summed E-state index contributed by atoms with van der Waals surface area (Å²) < 4.78 is 0. The molecule has 0 atom stereocenters. The molecule has 5 nitrogen and oxygen atoms in total. The Morgan fingerprint density at radius 1 is 1.27 bits per heavy atom. The lowest BCUT2D eigenvalue weighted by Crippen LogP contribution is -2.27. The Morgan fingerprint density at radius 3 is 2.95 bits per heavy atom. The lowest BCUT2D eigenvalue weighted by Gasteiger charge is -2.03. The average Bonchev–Trinajstić information content (AvgIpc) is 2.93. The van der Waals surface area contributed by atoms with Crippen LogP contribution >= 0.6 is 0 Å². The van der Waals surface area contributed by atoms with Crippen LogP contribution in [0, 0.1) is 6.92 Å². The summed E-state index contributed by atoms with van der Waals surface area (Å²) in [5, 5.41) is 2.91. The molecule has 0 radical (unpaired) electrons. The summed E-state index contributed by atoms with van der Waals surface area (Å²) in [4.78, 5) is 23.7. The molecule has 1 amide bonds. The van der Waals surface area contributed by atoms with E-state index in [0.717, 1.165) is 28.0 Å². The molecule has 3 rings (SSSR count). The lowest BCUT2D eigenvalue weighted by atomic mass is 10.2. The summed E-state index contributed by atoms with van der Waals surface area (Å²) in [6.07, 6.45) is 4.45. The third-order valence-electron chi connectivity index (χ3n) is 3.53. The van der Waals surface area contributed by atoms with Crippen LogP contribution in [0.2, 0.25) is 0 Å². The Balaban J connectivity index is 1.54. The number of H-pyrrole nitrogens is 1. The summed E-state index contributed by atoms with van der Waals surface area (Å²) in [5.41, 5.74) is 4.11. The number of para-hydroxylation sites is 1. The van der Waals surface area contributed by atoms with Crippen LogP contribution in [0.15, 0.2) is 42.7 Å². The van der Waals surface area contributed by atoms with Crippen molar-refractivity contribution in [3.8, 4) is 0 Å². The number of nitrogens with one attached hydrogen (secondary N) is 2. The molecule has 0 unspecified atom stereocenters.